The Morgan fingerprint density at radius 3 is 2.96 bits per heavy atom. The molecule has 1 atom stereocenters. The average Bonchev–Trinajstić information content (AvgIpc) is 3.05. The van der Waals surface area contributed by atoms with Gasteiger partial charge in [-0.15, -0.1) is 10.2 Å². The Morgan fingerprint density at radius 1 is 1.39 bits per heavy atom. The Kier molecular flexibility index (Phi) is 4.40. The van der Waals surface area contributed by atoms with Gasteiger partial charge in [0.1, 0.15) is 6.33 Å². The van der Waals surface area contributed by atoms with Crippen LogP contribution in [0, 0.1) is 6.92 Å². The summed E-state index contributed by atoms with van der Waals surface area (Å²) in [5.74, 6) is 0.874. The van der Waals surface area contributed by atoms with Crippen LogP contribution >= 0.6 is 0 Å². The maximum Gasteiger partial charge on any atom is 0.251 e. The van der Waals surface area contributed by atoms with Crippen LogP contribution in [0.25, 0.3) is 11.5 Å². The molecule has 1 aliphatic rings. The molecule has 0 aliphatic carbocycles. The summed E-state index contributed by atoms with van der Waals surface area (Å²) in [7, 11) is -3.19. The lowest BCUT2D eigenvalue weighted by molar-refractivity contribution is 0.286. The van der Waals surface area contributed by atoms with Crippen LogP contribution < -0.4 is 0 Å². The van der Waals surface area contributed by atoms with E-state index in [0.29, 0.717) is 30.4 Å². The van der Waals surface area contributed by atoms with Crippen molar-refractivity contribution in [2.45, 2.75) is 32.6 Å². The fourth-order valence-corrected chi connectivity index (χ4v) is 3.87. The summed E-state index contributed by atoms with van der Waals surface area (Å²) in [6.45, 7) is 4.44. The van der Waals surface area contributed by atoms with Crippen molar-refractivity contribution in [2.75, 3.05) is 18.8 Å². The average molecular weight is 337 g/mol. The molecule has 0 spiro atoms. The van der Waals surface area contributed by atoms with Gasteiger partial charge in [0.2, 0.25) is 15.9 Å². The monoisotopic (exact) mass is 337 g/mol. The van der Waals surface area contributed by atoms with Crippen molar-refractivity contribution >= 4 is 10.0 Å². The zero-order valence-electron chi connectivity index (χ0n) is 13.1. The molecule has 2 aromatic heterocycles. The van der Waals surface area contributed by atoms with Crippen molar-refractivity contribution in [1.82, 2.24) is 24.5 Å². The van der Waals surface area contributed by atoms with Gasteiger partial charge in [-0.25, -0.2) is 22.7 Å². The zero-order chi connectivity index (χ0) is 16.4. The standard InChI is InChI=1S/C14H19N5O3S/c1-3-23(20,21)19-6-4-5-11(8-19)13-17-18-14(22-13)12-7-15-9-16-10(12)2/h7,9,11H,3-6,8H2,1-2H3/t11-/m0/s1. The molecule has 0 N–H and O–H groups in total. The van der Waals surface area contributed by atoms with Gasteiger partial charge in [0, 0.05) is 19.3 Å². The maximum absolute atomic E-state index is 12.0. The Hall–Kier alpha value is -1.87. The van der Waals surface area contributed by atoms with Crippen LogP contribution in [0.15, 0.2) is 16.9 Å². The van der Waals surface area contributed by atoms with Crippen LogP contribution in [0.3, 0.4) is 0 Å². The highest BCUT2D eigenvalue weighted by Gasteiger charge is 2.31. The molecular weight excluding hydrogens is 318 g/mol. The highest BCUT2D eigenvalue weighted by Crippen LogP contribution is 2.29. The number of sulfonamides is 1. The largest absolute Gasteiger partial charge is 0.420 e. The molecule has 124 valence electrons. The van der Waals surface area contributed by atoms with Crippen LogP contribution in [0.2, 0.25) is 0 Å². The number of piperidine rings is 1. The fourth-order valence-electron chi connectivity index (χ4n) is 2.69. The predicted molar refractivity (Wildman–Crippen MR) is 83.1 cm³/mol. The first-order valence-corrected chi connectivity index (χ1v) is 9.20. The summed E-state index contributed by atoms with van der Waals surface area (Å²) >= 11 is 0. The van der Waals surface area contributed by atoms with E-state index in [-0.39, 0.29) is 11.7 Å². The van der Waals surface area contributed by atoms with Gasteiger partial charge in [-0.2, -0.15) is 0 Å². The highest BCUT2D eigenvalue weighted by atomic mass is 32.2. The second-order valence-corrected chi connectivity index (χ2v) is 7.82. The first-order chi connectivity index (χ1) is 11.0. The third-order valence-electron chi connectivity index (χ3n) is 4.07. The molecule has 0 bridgehead atoms. The second-order valence-electron chi connectivity index (χ2n) is 5.57. The van der Waals surface area contributed by atoms with E-state index in [1.54, 1.807) is 13.1 Å². The van der Waals surface area contributed by atoms with Gasteiger partial charge in [-0.05, 0) is 26.7 Å². The summed E-state index contributed by atoms with van der Waals surface area (Å²) in [6, 6.07) is 0. The van der Waals surface area contributed by atoms with Crippen LogP contribution in [0.5, 0.6) is 0 Å². The Bertz CT molecular complexity index is 789. The molecular formula is C14H19N5O3S. The second kappa shape index (κ2) is 6.32. The molecule has 1 fully saturated rings. The van der Waals surface area contributed by atoms with E-state index < -0.39 is 10.0 Å². The molecule has 3 rings (SSSR count). The minimum atomic E-state index is -3.19. The van der Waals surface area contributed by atoms with Crippen LogP contribution in [0.1, 0.15) is 37.3 Å². The zero-order valence-corrected chi connectivity index (χ0v) is 14.0. The molecule has 9 heteroatoms. The lowest BCUT2D eigenvalue weighted by Gasteiger charge is -2.29. The third kappa shape index (κ3) is 3.25. The molecule has 23 heavy (non-hydrogen) atoms. The minimum absolute atomic E-state index is 0.0729. The van der Waals surface area contributed by atoms with Gasteiger partial charge in [-0.1, -0.05) is 0 Å². The van der Waals surface area contributed by atoms with E-state index in [4.69, 9.17) is 4.42 Å². The number of nitrogens with zero attached hydrogens (tertiary/aromatic N) is 5. The summed E-state index contributed by atoms with van der Waals surface area (Å²) in [4.78, 5) is 8.08. The van der Waals surface area contributed by atoms with Crippen LogP contribution in [0.4, 0.5) is 0 Å². The number of rotatable bonds is 4. The van der Waals surface area contributed by atoms with Gasteiger partial charge >= 0.3 is 0 Å². The SMILES string of the molecule is CCS(=O)(=O)N1CCC[C@H](c2nnc(-c3cncnc3C)o2)C1. The predicted octanol–water partition coefficient (Wildman–Crippen LogP) is 1.36. The van der Waals surface area contributed by atoms with Crippen molar-refractivity contribution in [3.05, 3.63) is 24.1 Å². The number of hydrogen-bond donors (Lipinski definition) is 0. The van der Waals surface area contributed by atoms with Crippen molar-refractivity contribution in [3.8, 4) is 11.5 Å². The molecule has 0 amide bonds. The first kappa shape index (κ1) is 16.0. The topological polar surface area (TPSA) is 102 Å². The molecule has 0 unspecified atom stereocenters. The van der Waals surface area contributed by atoms with Crippen molar-refractivity contribution < 1.29 is 12.8 Å². The van der Waals surface area contributed by atoms with Crippen LogP contribution in [-0.4, -0.2) is 51.7 Å². The molecule has 1 aliphatic heterocycles. The smallest absolute Gasteiger partial charge is 0.251 e. The van der Waals surface area contributed by atoms with Gasteiger partial charge in [0.15, 0.2) is 0 Å². The lowest BCUT2D eigenvalue weighted by atomic mass is 10.00. The van der Waals surface area contributed by atoms with E-state index in [1.165, 1.54) is 10.6 Å². The maximum atomic E-state index is 12.0. The highest BCUT2D eigenvalue weighted by molar-refractivity contribution is 7.89. The summed E-state index contributed by atoms with van der Waals surface area (Å²) in [5, 5.41) is 8.17. The normalized spacial score (nSPS) is 19.8. The van der Waals surface area contributed by atoms with E-state index in [2.05, 4.69) is 20.2 Å². The summed E-state index contributed by atoms with van der Waals surface area (Å²) in [5.41, 5.74) is 1.45. The van der Waals surface area contributed by atoms with Gasteiger partial charge in [0.05, 0.1) is 22.9 Å². The molecule has 8 nitrogen and oxygen atoms in total. The third-order valence-corrected chi connectivity index (χ3v) is 5.92. The Labute approximate surface area is 135 Å². The van der Waals surface area contributed by atoms with Gasteiger partial charge in [0.25, 0.3) is 5.89 Å². The van der Waals surface area contributed by atoms with Crippen molar-refractivity contribution in [1.29, 1.82) is 0 Å². The number of aromatic nitrogens is 4. The molecule has 1 saturated heterocycles. The van der Waals surface area contributed by atoms with Crippen LogP contribution in [-0.2, 0) is 10.0 Å². The van der Waals surface area contributed by atoms with E-state index in [1.807, 2.05) is 6.92 Å². The van der Waals surface area contributed by atoms with E-state index >= 15 is 0 Å². The summed E-state index contributed by atoms with van der Waals surface area (Å²) in [6.07, 6.45) is 4.72. The van der Waals surface area contributed by atoms with E-state index in [0.717, 1.165) is 18.5 Å². The number of aryl methyl sites for hydroxylation is 1. The van der Waals surface area contributed by atoms with Crippen molar-refractivity contribution in [2.24, 2.45) is 0 Å². The summed E-state index contributed by atoms with van der Waals surface area (Å²) < 4.78 is 31.4. The van der Waals surface area contributed by atoms with Gasteiger partial charge in [-0.3, -0.25) is 0 Å². The molecule has 0 radical (unpaired) electrons. The van der Waals surface area contributed by atoms with E-state index in [9.17, 15) is 8.42 Å². The first-order valence-electron chi connectivity index (χ1n) is 7.59. The molecule has 0 aromatic carbocycles. The molecule has 2 aromatic rings. The fraction of sp³-hybridized carbons (Fsp3) is 0.571. The lowest BCUT2D eigenvalue weighted by Crippen LogP contribution is -2.39. The molecule has 0 saturated carbocycles. The van der Waals surface area contributed by atoms with Crippen molar-refractivity contribution in [3.63, 3.8) is 0 Å². The Morgan fingerprint density at radius 2 is 2.22 bits per heavy atom. The number of hydrogen-bond acceptors (Lipinski definition) is 7. The Balaban J connectivity index is 1.82. The minimum Gasteiger partial charge on any atom is -0.420 e. The quantitative estimate of drug-likeness (QED) is 0.830. The molecule has 3 heterocycles. The van der Waals surface area contributed by atoms with Gasteiger partial charge < -0.3 is 4.42 Å².